The highest BCUT2D eigenvalue weighted by Crippen LogP contribution is 2.22. The minimum Gasteiger partial charge on any atom is -0.495 e. The van der Waals surface area contributed by atoms with Crippen LogP contribution in [0, 0.1) is 0 Å². The number of thiocarbonyl (C=S) groups is 1. The van der Waals surface area contributed by atoms with Gasteiger partial charge < -0.3 is 14.8 Å². The molecular formula is C16H15F2N3O2S. The zero-order chi connectivity index (χ0) is 17.4. The maximum absolute atomic E-state index is 12.3. The lowest BCUT2D eigenvalue weighted by Crippen LogP contribution is -2.24. The number of nitrogens with one attached hydrogen (secondary N) is 2. The number of hydrazone groups is 1. The van der Waals surface area contributed by atoms with Gasteiger partial charge in [0.1, 0.15) is 11.5 Å². The molecule has 0 radical (unpaired) electrons. The number of hydrogen-bond donors (Lipinski definition) is 2. The van der Waals surface area contributed by atoms with Gasteiger partial charge in [0, 0.05) is 5.56 Å². The molecule has 0 aromatic heterocycles. The second-order valence-corrected chi connectivity index (χ2v) is 4.85. The molecule has 0 amide bonds. The Morgan fingerprint density at radius 1 is 1.12 bits per heavy atom. The van der Waals surface area contributed by atoms with Gasteiger partial charge in [-0.3, -0.25) is 5.43 Å². The molecule has 0 fully saturated rings. The minimum atomic E-state index is -2.90. The normalized spacial score (nSPS) is 10.7. The summed E-state index contributed by atoms with van der Waals surface area (Å²) in [7, 11) is 1.55. The summed E-state index contributed by atoms with van der Waals surface area (Å²) in [5.41, 5.74) is 3.67. The summed E-state index contributed by atoms with van der Waals surface area (Å²) < 4.78 is 34.3. The van der Waals surface area contributed by atoms with Crippen molar-refractivity contribution in [3.05, 3.63) is 54.1 Å². The van der Waals surface area contributed by atoms with Crippen molar-refractivity contribution >= 4 is 29.2 Å². The fraction of sp³-hybridized carbons (Fsp3) is 0.125. The van der Waals surface area contributed by atoms with Crippen molar-refractivity contribution in [1.29, 1.82) is 0 Å². The molecule has 0 saturated carbocycles. The molecule has 0 bridgehead atoms. The Balaban J connectivity index is 1.98. The van der Waals surface area contributed by atoms with E-state index in [1.54, 1.807) is 37.4 Å². The largest absolute Gasteiger partial charge is 0.495 e. The summed E-state index contributed by atoms with van der Waals surface area (Å²) in [6.07, 6.45) is 1.34. The van der Waals surface area contributed by atoms with Crippen molar-refractivity contribution in [2.45, 2.75) is 6.61 Å². The van der Waals surface area contributed by atoms with Crippen molar-refractivity contribution in [2.75, 3.05) is 12.4 Å². The van der Waals surface area contributed by atoms with Crippen LogP contribution in [0.25, 0.3) is 0 Å². The van der Waals surface area contributed by atoms with Crippen LogP contribution in [0.5, 0.6) is 11.5 Å². The topological polar surface area (TPSA) is 54.9 Å². The van der Waals surface area contributed by atoms with Crippen LogP contribution in [-0.2, 0) is 0 Å². The van der Waals surface area contributed by atoms with Gasteiger partial charge in [-0.1, -0.05) is 24.3 Å². The molecule has 2 aromatic rings. The second-order valence-electron chi connectivity index (χ2n) is 4.44. The van der Waals surface area contributed by atoms with Crippen LogP contribution in [0.2, 0.25) is 0 Å². The van der Waals surface area contributed by atoms with Crippen LogP contribution >= 0.6 is 12.2 Å². The highest BCUT2D eigenvalue weighted by molar-refractivity contribution is 7.80. The Morgan fingerprint density at radius 3 is 2.50 bits per heavy atom. The zero-order valence-corrected chi connectivity index (χ0v) is 13.5. The molecular weight excluding hydrogens is 336 g/mol. The van der Waals surface area contributed by atoms with Crippen LogP contribution < -0.4 is 20.2 Å². The number of para-hydroxylation sites is 3. The van der Waals surface area contributed by atoms with E-state index in [0.29, 0.717) is 17.0 Å². The van der Waals surface area contributed by atoms with E-state index in [9.17, 15) is 8.78 Å². The summed E-state index contributed by atoms with van der Waals surface area (Å²) >= 11 is 5.12. The summed E-state index contributed by atoms with van der Waals surface area (Å²) in [6.45, 7) is -2.90. The third-order valence-corrected chi connectivity index (χ3v) is 3.05. The fourth-order valence-corrected chi connectivity index (χ4v) is 2.01. The molecule has 0 aliphatic heterocycles. The van der Waals surface area contributed by atoms with E-state index >= 15 is 0 Å². The zero-order valence-electron chi connectivity index (χ0n) is 12.7. The summed E-state index contributed by atoms with van der Waals surface area (Å²) in [6, 6.07) is 13.5. The molecule has 0 atom stereocenters. The maximum Gasteiger partial charge on any atom is 0.387 e. The SMILES string of the molecule is COc1ccccc1NC(=S)N/N=C/c1ccccc1OC(F)F. The predicted octanol–water partition coefficient (Wildman–Crippen LogP) is 3.62. The van der Waals surface area contributed by atoms with E-state index in [1.165, 1.54) is 12.3 Å². The Hall–Kier alpha value is -2.74. The number of ether oxygens (including phenoxy) is 2. The number of anilines is 1. The third-order valence-electron chi connectivity index (χ3n) is 2.86. The number of rotatable bonds is 6. The van der Waals surface area contributed by atoms with Gasteiger partial charge in [-0.15, -0.1) is 0 Å². The molecule has 0 spiro atoms. The van der Waals surface area contributed by atoms with E-state index in [2.05, 4.69) is 20.6 Å². The second kappa shape index (κ2) is 8.78. The first-order valence-electron chi connectivity index (χ1n) is 6.87. The molecule has 2 N–H and O–H groups in total. The highest BCUT2D eigenvalue weighted by atomic mass is 32.1. The number of benzene rings is 2. The molecule has 0 heterocycles. The number of methoxy groups -OCH3 is 1. The van der Waals surface area contributed by atoms with E-state index in [0.717, 1.165) is 0 Å². The molecule has 0 saturated heterocycles. The molecule has 5 nitrogen and oxygen atoms in total. The number of nitrogens with zero attached hydrogens (tertiary/aromatic N) is 1. The standard InChI is InChI=1S/C16H15F2N3O2S/c1-22-14-9-5-3-7-12(14)20-16(24)21-19-10-11-6-2-4-8-13(11)23-15(17)18/h2-10,15H,1H3,(H2,20,21,24)/b19-10+. The Labute approximate surface area is 143 Å². The van der Waals surface area contributed by atoms with E-state index in [4.69, 9.17) is 17.0 Å². The molecule has 126 valence electrons. The van der Waals surface area contributed by atoms with Gasteiger partial charge in [-0.25, -0.2) is 0 Å². The lowest BCUT2D eigenvalue weighted by atomic mass is 10.2. The molecule has 0 unspecified atom stereocenters. The maximum atomic E-state index is 12.3. The van der Waals surface area contributed by atoms with Crippen molar-refractivity contribution < 1.29 is 18.3 Å². The van der Waals surface area contributed by atoms with Gasteiger partial charge in [-0.2, -0.15) is 13.9 Å². The van der Waals surface area contributed by atoms with Crippen LogP contribution in [-0.4, -0.2) is 25.0 Å². The lowest BCUT2D eigenvalue weighted by Gasteiger charge is -2.11. The number of halogens is 2. The van der Waals surface area contributed by atoms with Gasteiger partial charge in [0.15, 0.2) is 5.11 Å². The van der Waals surface area contributed by atoms with Crippen molar-refractivity contribution in [3.63, 3.8) is 0 Å². The van der Waals surface area contributed by atoms with Gasteiger partial charge in [-0.05, 0) is 36.5 Å². The molecule has 2 aromatic carbocycles. The van der Waals surface area contributed by atoms with Crippen LogP contribution in [0.15, 0.2) is 53.6 Å². The average Bonchev–Trinajstić information content (AvgIpc) is 2.56. The lowest BCUT2D eigenvalue weighted by molar-refractivity contribution is -0.0499. The van der Waals surface area contributed by atoms with Gasteiger partial charge in [0.05, 0.1) is 19.0 Å². The summed E-state index contributed by atoms with van der Waals surface area (Å²) in [5.74, 6) is 0.656. The first kappa shape index (κ1) is 17.6. The van der Waals surface area contributed by atoms with Crippen LogP contribution in [0.1, 0.15) is 5.56 Å². The monoisotopic (exact) mass is 351 g/mol. The smallest absolute Gasteiger partial charge is 0.387 e. The molecule has 24 heavy (non-hydrogen) atoms. The molecule has 0 aliphatic rings. The Kier molecular flexibility index (Phi) is 6.44. The average molecular weight is 351 g/mol. The Bertz CT molecular complexity index is 726. The Morgan fingerprint density at radius 2 is 1.79 bits per heavy atom. The van der Waals surface area contributed by atoms with E-state index in [1.807, 2.05) is 12.1 Å². The van der Waals surface area contributed by atoms with Gasteiger partial charge in [0.25, 0.3) is 0 Å². The van der Waals surface area contributed by atoms with Crippen LogP contribution in [0.4, 0.5) is 14.5 Å². The minimum absolute atomic E-state index is 0.0293. The quantitative estimate of drug-likeness (QED) is 0.473. The fourth-order valence-electron chi connectivity index (χ4n) is 1.85. The number of alkyl halides is 2. The van der Waals surface area contributed by atoms with E-state index in [-0.39, 0.29) is 10.9 Å². The van der Waals surface area contributed by atoms with Crippen molar-refractivity contribution in [2.24, 2.45) is 5.10 Å². The van der Waals surface area contributed by atoms with E-state index < -0.39 is 6.61 Å². The summed E-state index contributed by atoms with van der Waals surface area (Å²) in [4.78, 5) is 0. The molecule has 0 aliphatic carbocycles. The highest BCUT2D eigenvalue weighted by Gasteiger charge is 2.07. The third kappa shape index (κ3) is 5.17. The molecule has 8 heteroatoms. The first-order chi connectivity index (χ1) is 11.6. The van der Waals surface area contributed by atoms with Crippen LogP contribution in [0.3, 0.4) is 0 Å². The van der Waals surface area contributed by atoms with Gasteiger partial charge >= 0.3 is 6.61 Å². The van der Waals surface area contributed by atoms with Crippen molar-refractivity contribution in [1.82, 2.24) is 5.43 Å². The van der Waals surface area contributed by atoms with Gasteiger partial charge in [0.2, 0.25) is 0 Å². The first-order valence-corrected chi connectivity index (χ1v) is 7.28. The predicted molar refractivity (Wildman–Crippen MR) is 93.0 cm³/mol. The van der Waals surface area contributed by atoms with Crippen molar-refractivity contribution in [3.8, 4) is 11.5 Å². The number of hydrogen-bond acceptors (Lipinski definition) is 4. The molecule has 2 rings (SSSR count). The summed E-state index contributed by atoms with van der Waals surface area (Å²) in [5, 5.41) is 7.07.